The number of nitrogens with zero attached hydrogens (tertiary/aromatic N) is 7. The van der Waals surface area contributed by atoms with Crippen molar-refractivity contribution in [3.63, 3.8) is 0 Å². The van der Waals surface area contributed by atoms with Gasteiger partial charge in [-0.15, -0.1) is 0 Å². The number of rotatable bonds is 4. The van der Waals surface area contributed by atoms with Gasteiger partial charge in [0.05, 0.1) is 6.33 Å². The lowest BCUT2D eigenvalue weighted by molar-refractivity contribution is 0.363. The molecule has 1 saturated carbocycles. The van der Waals surface area contributed by atoms with Crippen molar-refractivity contribution in [3.8, 4) is 0 Å². The molecule has 0 bridgehead atoms. The minimum atomic E-state index is -0.170. The van der Waals surface area contributed by atoms with Crippen molar-refractivity contribution < 1.29 is 4.52 Å². The van der Waals surface area contributed by atoms with Gasteiger partial charge in [0, 0.05) is 31.7 Å². The van der Waals surface area contributed by atoms with Crippen LogP contribution in [0.25, 0.3) is 11.2 Å². The molecule has 4 aromatic rings. The van der Waals surface area contributed by atoms with Gasteiger partial charge in [-0.25, -0.2) is 9.97 Å². The van der Waals surface area contributed by atoms with Crippen LogP contribution in [-0.2, 0) is 13.6 Å². The molecule has 9 nitrogen and oxygen atoms in total. The molecule has 3 atom stereocenters. The van der Waals surface area contributed by atoms with Crippen molar-refractivity contribution in [1.29, 1.82) is 0 Å². The van der Waals surface area contributed by atoms with Gasteiger partial charge in [0.25, 0.3) is 5.56 Å². The van der Waals surface area contributed by atoms with Crippen LogP contribution in [0.4, 0.5) is 5.69 Å². The standard InChI is InChI=1S/C20H19N7O2/c1-25-10-21-19-17(25)20(28)27(11-22-19)9-15-23-18(24-29-15)16-13-7-26(8-14(13)16)12-5-3-2-4-6-12/h2-6,10-11,13-14,16H,7-9H2,1H3/t13-,14+,16-. The van der Waals surface area contributed by atoms with E-state index >= 15 is 0 Å². The largest absolute Gasteiger partial charge is 0.371 e. The Morgan fingerprint density at radius 1 is 1.10 bits per heavy atom. The van der Waals surface area contributed by atoms with Crippen molar-refractivity contribution in [2.75, 3.05) is 18.0 Å². The summed E-state index contributed by atoms with van der Waals surface area (Å²) in [5.41, 5.74) is 2.00. The molecule has 1 saturated heterocycles. The molecule has 1 aliphatic carbocycles. The third-order valence-corrected chi connectivity index (χ3v) is 6.10. The molecule has 0 unspecified atom stereocenters. The van der Waals surface area contributed by atoms with E-state index in [-0.39, 0.29) is 12.1 Å². The predicted molar refractivity (Wildman–Crippen MR) is 105 cm³/mol. The summed E-state index contributed by atoms with van der Waals surface area (Å²) in [4.78, 5) is 28.0. The third kappa shape index (κ3) is 2.57. The minimum absolute atomic E-state index is 0.170. The fourth-order valence-electron chi connectivity index (χ4n) is 4.56. The second-order valence-corrected chi connectivity index (χ2v) is 7.85. The zero-order chi connectivity index (χ0) is 19.5. The summed E-state index contributed by atoms with van der Waals surface area (Å²) >= 11 is 0. The lowest BCUT2D eigenvalue weighted by Gasteiger charge is -2.21. The number of hydrogen-bond acceptors (Lipinski definition) is 7. The predicted octanol–water partition coefficient (Wildman–Crippen LogP) is 1.41. The lowest BCUT2D eigenvalue weighted by Crippen LogP contribution is -2.23. The number of fused-ring (bicyclic) bond motifs is 2. The molecule has 1 aromatic carbocycles. The molecule has 146 valence electrons. The molecule has 4 heterocycles. The van der Waals surface area contributed by atoms with E-state index in [4.69, 9.17) is 4.52 Å². The van der Waals surface area contributed by atoms with E-state index in [1.54, 1.807) is 17.9 Å². The Bertz CT molecular complexity index is 1250. The van der Waals surface area contributed by atoms with Crippen LogP contribution < -0.4 is 10.5 Å². The summed E-state index contributed by atoms with van der Waals surface area (Å²) < 4.78 is 8.59. The van der Waals surface area contributed by atoms with E-state index in [9.17, 15) is 4.79 Å². The van der Waals surface area contributed by atoms with Crippen LogP contribution in [0.1, 0.15) is 17.6 Å². The van der Waals surface area contributed by atoms with Gasteiger partial charge in [0.15, 0.2) is 17.0 Å². The first kappa shape index (κ1) is 16.5. The summed E-state index contributed by atoms with van der Waals surface area (Å²) in [6.45, 7) is 2.24. The van der Waals surface area contributed by atoms with Crippen LogP contribution in [-0.4, -0.2) is 42.3 Å². The van der Waals surface area contributed by atoms with E-state index in [1.807, 2.05) is 6.07 Å². The molecule has 9 heteroatoms. The fraction of sp³-hybridized carbons (Fsp3) is 0.350. The molecule has 0 spiro atoms. The molecule has 2 fully saturated rings. The highest BCUT2D eigenvalue weighted by molar-refractivity contribution is 5.68. The Kier molecular flexibility index (Phi) is 3.41. The van der Waals surface area contributed by atoms with Crippen molar-refractivity contribution in [1.82, 2.24) is 29.2 Å². The van der Waals surface area contributed by atoms with Gasteiger partial charge in [-0.2, -0.15) is 4.98 Å². The van der Waals surface area contributed by atoms with Crippen molar-refractivity contribution >= 4 is 16.9 Å². The Morgan fingerprint density at radius 2 is 1.86 bits per heavy atom. The van der Waals surface area contributed by atoms with Gasteiger partial charge in [0.1, 0.15) is 12.9 Å². The first-order valence-corrected chi connectivity index (χ1v) is 9.68. The molecule has 0 radical (unpaired) electrons. The Morgan fingerprint density at radius 3 is 2.66 bits per heavy atom. The summed E-state index contributed by atoms with van der Waals surface area (Å²) in [5.74, 6) is 2.66. The van der Waals surface area contributed by atoms with Crippen LogP contribution in [0.2, 0.25) is 0 Å². The number of piperidine rings is 1. The van der Waals surface area contributed by atoms with Crippen LogP contribution in [0, 0.1) is 11.8 Å². The summed E-state index contributed by atoms with van der Waals surface area (Å²) in [7, 11) is 1.78. The highest BCUT2D eigenvalue weighted by Crippen LogP contribution is 2.57. The maximum absolute atomic E-state index is 12.7. The Labute approximate surface area is 165 Å². The van der Waals surface area contributed by atoms with E-state index < -0.39 is 0 Å². The highest BCUT2D eigenvalue weighted by Gasteiger charge is 2.58. The Hall–Kier alpha value is -3.49. The monoisotopic (exact) mass is 389 g/mol. The fourth-order valence-corrected chi connectivity index (χ4v) is 4.56. The quantitative estimate of drug-likeness (QED) is 0.521. The number of para-hydroxylation sites is 1. The Balaban J connectivity index is 1.18. The minimum Gasteiger partial charge on any atom is -0.371 e. The first-order chi connectivity index (χ1) is 14.2. The topological polar surface area (TPSA) is 94.9 Å². The van der Waals surface area contributed by atoms with Crippen molar-refractivity contribution in [2.24, 2.45) is 18.9 Å². The molecule has 29 heavy (non-hydrogen) atoms. The van der Waals surface area contributed by atoms with Crippen LogP contribution >= 0.6 is 0 Å². The lowest BCUT2D eigenvalue weighted by atomic mass is 10.2. The molecule has 6 rings (SSSR count). The van der Waals surface area contributed by atoms with E-state index in [0.29, 0.717) is 34.8 Å². The summed E-state index contributed by atoms with van der Waals surface area (Å²) in [5, 5.41) is 4.20. The highest BCUT2D eigenvalue weighted by atomic mass is 16.5. The number of anilines is 1. The maximum Gasteiger partial charge on any atom is 0.280 e. The van der Waals surface area contributed by atoms with Crippen LogP contribution in [0.15, 0.2) is 52.3 Å². The maximum atomic E-state index is 12.7. The number of aryl methyl sites for hydroxylation is 1. The molecular formula is C20H19N7O2. The second kappa shape index (κ2) is 6.00. The number of benzene rings is 1. The second-order valence-electron chi connectivity index (χ2n) is 7.85. The molecule has 2 aliphatic rings. The summed E-state index contributed by atoms with van der Waals surface area (Å²) in [6.07, 6.45) is 3.06. The van der Waals surface area contributed by atoms with Gasteiger partial charge < -0.3 is 14.0 Å². The zero-order valence-electron chi connectivity index (χ0n) is 15.8. The first-order valence-electron chi connectivity index (χ1n) is 9.68. The van der Waals surface area contributed by atoms with Gasteiger partial charge in [-0.3, -0.25) is 9.36 Å². The van der Waals surface area contributed by atoms with Gasteiger partial charge in [0.2, 0.25) is 5.89 Å². The summed E-state index contributed by atoms with van der Waals surface area (Å²) in [6, 6.07) is 10.5. The van der Waals surface area contributed by atoms with Crippen molar-refractivity contribution in [3.05, 3.63) is 65.1 Å². The van der Waals surface area contributed by atoms with E-state index in [0.717, 1.165) is 18.9 Å². The van der Waals surface area contributed by atoms with Gasteiger partial charge >= 0.3 is 0 Å². The third-order valence-electron chi connectivity index (χ3n) is 6.10. The van der Waals surface area contributed by atoms with Crippen LogP contribution in [0.5, 0.6) is 0 Å². The van der Waals surface area contributed by atoms with Crippen molar-refractivity contribution in [2.45, 2.75) is 12.5 Å². The SMILES string of the molecule is Cn1cnc2ncn(Cc3nc([C@@H]4[C@@H]5CN(c6ccccc6)C[C@@H]54)no3)c(=O)c21. The number of aromatic nitrogens is 6. The number of hydrogen-bond donors (Lipinski definition) is 0. The molecule has 1 aliphatic heterocycles. The normalized spacial score (nSPS) is 22.9. The molecule has 0 N–H and O–H groups in total. The van der Waals surface area contributed by atoms with E-state index in [1.165, 1.54) is 16.6 Å². The van der Waals surface area contributed by atoms with Gasteiger partial charge in [-0.1, -0.05) is 23.4 Å². The van der Waals surface area contributed by atoms with E-state index in [2.05, 4.69) is 49.3 Å². The molecule has 3 aromatic heterocycles. The zero-order valence-corrected chi connectivity index (χ0v) is 15.8. The number of imidazole rings is 1. The molecule has 0 amide bonds. The average Bonchev–Trinajstić information content (AvgIpc) is 3.16. The van der Waals surface area contributed by atoms with Gasteiger partial charge in [-0.05, 0) is 24.0 Å². The van der Waals surface area contributed by atoms with Crippen LogP contribution in [0.3, 0.4) is 0 Å². The smallest absolute Gasteiger partial charge is 0.280 e. The molecular weight excluding hydrogens is 370 g/mol. The average molecular weight is 389 g/mol.